The molecule has 0 radical (unpaired) electrons. The first kappa shape index (κ1) is 30.1. The van der Waals surface area contributed by atoms with Crippen LogP contribution in [0.1, 0.15) is 59.6 Å². The molecule has 10 nitrogen and oxygen atoms in total. The summed E-state index contributed by atoms with van der Waals surface area (Å²) in [5.74, 6) is -0.215. The number of pyridine rings is 1. The van der Waals surface area contributed by atoms with Crippen molar-refractivity contribution in [1.82, 2.24) is 24.3 Å². The van der Waals surface area contributed by atoms with Crippen molar-refractivity contribution >= 4 is 40.6 Å². The third kappa shape index (κ3) is 7.28. The quantitative estimate of drug-likeness (QED) is 0.249. The first-order valence-corrected chi connectivity index (χ1v) is 14.3. The number of rotatable bonds is 9. The number of nitrogens with zero attached hydrogens (tertiary/aromatic N) is 5. The maximum absolute atomic E-state index is 13.4. The lowest BCUT2D eigenvalue weighted by atomic mass is 9.96. The molecule has 0 fully saturated rings. The van der Waals surface area contributed by atoms with Crippen molar-refractivity contribution in [3.8, 4) is 11.3 Å². The summed E-state index contributed by atoms with van der Waals surface area (Å²) < 4.78 is 8.80. The molecule has 0 saturated carbocycles. The third-order valence-corrected chi connectivity index (χ3v) is 7.65. The van der Waals surface area contributed by atoms with Crippen molar-refractivity contribution in [3.63, 3.8) is 0 Å². The smallest absolute Gasteiger partial charge is 0.307 e. The summed E-state index contributed by atoms with van der Waals surface area (Å²) in [5.41, 5.74) is 2.55. The van der Waals surface area contributed by atoms with Gasteiger partial charge in [0.1, 0.15) is 18.1 Å². The van der Waals surface area contributed by atoms with Gasteiger partial charge in [-0.1, -0.05) is 32.4 Å². The number of esters is 1. The van der Waals surface area contributed by atoms with E-state index in [1.807, 2.05) is 53.7 Å². The molecule has 0 saturated heterocycles. The van der Waals surface area contributed by atoms with Gasteiger partial charge in [0, 0.05) is 29.1 Å². The van der Waals surface area contributed by atoms with Crippen molar-refractivity contribution in [1.29, 1.82) is 0 Å². The predicted octanol–water partition coefficient (Wildman–Crippen LogP) is 5.57. The van der Waals surface area contributed by atoms with Gasteiger partial charge < -0.3 is 14.6 Å². The second-order valence-corrected chi connectivity index (χ2v) is 12.5. The van der Waals surface area contributed by atoms with Crippen LogP contribution in [0.15, 0.2) is 41.3 Å². The van der Waals surface area contributed by atoms with Gasteiger partial charge in [0.2, 0.25) is 0 Å². The average Bonchev–Trinajstić information content (AvgIpc) is 3.53. The molecule has 0 amide bonds. The minimum absolute atomic E-state index is 0.00614. The van der Waals surface area contributed by atoms with E-state index in [1.54, 1.807) is 24.4 Å². The lowest BCUT2D eigenvalue weighted by Crippen LogP contribution is -2.29. The molecule has 1 N–H and O–H groups in total. The Kier molecular flexibility index (Phi) is 9.08. The maximum Gasteiger partial charge on any atom is 0.307 e. The van der Waals surface area contributed by atoms with Gasteiger partial charge in [-0.3, -0.25) is 24.4 Å². The predicted molar refractivity (Wildman–Crippen MR) is 159 cm³/mol. The van der Waals surface area contributed by atoms with Crippen LogP contribution in [0.2, 0.25) is 4.34 Å². The number of halogens is 1. The Morgan fingerprint density at radius 3 is 2.49 bits per heavy atom. The molecule has 0 bridgehead atoms. The third-order valence-electron chi connectivity index (χ3n) is 6.42. The Morgan fingerprint density at radius 2 is 1.80 bits per heavy atom. The molecule has 0 aliphatic rings. The van der Waals surface area contributed by atoms with E-state index in [4.69, 9.17) is 16.3 Å². The SMILES string of the molecule is Cc1nc(C)c(COC(=O)CCn2cccc(-c3cc(NCc4ccc(Cl)s4)n(C(=O)C(C)(C)C)n3)c2=O)nc1C. The van der Waals surface area contributed by atoms with E-state index in [9.17, 15) is 14.4 Å². The molecule has 4 aromatic heterocycles. The molecule has 0 aromatic carbocycles. The number of aryl methyl sites for hydroxylation is 4. The summed E-state index contributed by atoms with van der Waals surface area (Å²) in [6.07, 6.45) is 1.60. The highest BCUT2D eigenvalue weighted by atomic mass is 35.5. The largest absolute Gasteiger partial charge is 0.459 e. The van der Waals surface area contributed by atoms with Gasteiger partial charge in [-0.05, 0) is 45.0 Å². The fourth-order valence-corrected chi connectivity index (χ4v) is 5.00. The van der Waals surface area contributed by atoms with Crippen molar-refractivity contribution < 1.29 is 14.3 Å². The number of hydrogen-bond acceptors (Lipinski definition) is 9. The Hall–Kier alpha value is -3.83. The minimum Gasteiger partial charge on any atom is -0.459 e. The second-order valence-electron chi connectivity index (χ2n) is 10.7. The molecule has 4 heterocycles. The van der Waals surface area contributed by atoms with E-state index < -0.39 is 11.4 Å². The zero-order valence-corrected chi connectivity index (χ0v) is 25.5. The van der Waals surface area contributed by atoms with Crippen LogP contribution in [0.4, 0.5) is 5.82 Å². The number of aromatic nitrogens is 5. The van der Waals surface area contributed by atoms with Crippen molar-refractivity contribution in [2.45, 2.75) is 67.7 Å². The standard InChI is InChI=1S/C29H33ClN6O4S/c1-17-18(2)33-23(19(3)32-17)16-40-26(37)11-13-35-12-7-8-21(27(35)38)22-14-25(31-15-20-9-10-24(30)41-20)36(34-22)28(39)29(4,5)6/h7-10,12,14,31H,11,13,15-16H2,1-6H3. The molecule has 4 aromatic rings. The van der Waals surface area contributed by atoms with E-state index >= 15 is 0 Å². The zero-order valence-electron chi connectivity index (χ0n) is 23.9. The van der Waals surface area contributed by atoms with Crippen LogP contribution < -0.4 is 10.9 Å². The van der Waals surface area contributed by atoms with E-state index in [0.29, 0.717) is 39.3 Å². The maximum atomic E-state index is 13.4. The Morgan fingerprint density at radius 1 is 1.07 bits per heavy atom. The molecule has 0 atom stereocenters. The molecule has 0 unspecified atom stereocenters. The molecule has 12 heteroatoms. The van der Waals surface area contributed by atoms with Crippen molar-refractivity contribution in [2.75, 3.05) is 5.32 Å². The number of hydrogen-bond donors (Lipinski definition) is 1. The Labute approximate surface area is 247 Å². The highest BCUT2D eigenvalue weighted by molar-refractivity contribution is 7.16. The van der Waals surface area contributed by atoms with Gasteiger partial charge in [0.15, 0.2) is 0 Å². The number of thiophene rings is 1. The number of anilines is 1. The van der Waals surface area contributed by atoms with E-state index in [1.165, 1.54) is 20.6 Å². The van der Waals surface area contributed by atoms with Crippen molar-refractivity contribution in [2.24, 2.45) is 5.41 Å². The number of nitrogens with one attached hydrogen (secondary N) is 1. The molecule has 216 valence electrons. The summed E-state index contributed by atoms with van der Waals surface area (Å²) in [5, 5.41) is 7.76. The van der Waals surface area contributed by atoms with Crippen LogP contribution in [-0.2, 0) is 29.2 Å². The highest BCUT2D eigenvalue weighted by Gasteiger charge is 2.27. The number of carbonyl (C=O) groups excluding carboxylic acids is 2. The van der Waals surface area contributed by atoms with E-state index in [-0.39, 0.29) is 31.0 Å². The molecule has 0 spiro atoms. The lowest BCUT2D eigenvalue weighted by Gasteiger charge is -2.18. The summed E-state index contributed by atoms with van der Waals surface area (Å²) in [6, 6.07) is 8.76. The lowest BCUT2D eigenvalue weighted by molar-refractivity contribution is -0.145. The van der Waals surface area contributed by atoms with Gasteiger partial charge in [0.25, 0.3) is 11.5 Å². The fraction of sp³-hybridized carbons (Fsp3) is 0.379. The molecule has 0 aliphatic heterocycles. The average molecular weight is 597 g/mol. The van der Waals surface area contributed by atoms with Crippen LogP contribution >= 0.6 is 22.9 Å². The molecule has 0 aliphatic carbocycles. The van der Waals surface area contributed by atoms with Gasteiger partial charge in [-0.15, -0.1) is 11.3 Å². The Bertz CT molecular complexity index is 1650. The summed E-state index contributed by atoms with van der Waals surface area (Å²) in [7, 11) is 0. The van der Waals surface area contributed by atoms with Crippen molar-refractivity contribution in [3.05, 3.63) is 78.9 Å². The summed E-state index contributed by atoms with van der Waals surface area (Å²) in [4.78, 5) is 48.9. The topological polar surface area (TPSA) is 121 Å². The van der Waals surface area contributed by atoms with Gasteiger partial charge in [-0.25, -0.2) is 0 Å². The van der Waals surface area contributed by atoms with Crippen LogP contribution in [0.3, 0.4) is 0 Å². The Balaban J connectivity index is 1.50. The van der Waals surface area contributed by atoms with Crippen LogP contribution in [0, 0.1) is 26.2 Å². The first-order valence-electron chi connectivity index (χ1n) is 13.1. The number of carbonyl (C=O) groups is 2. The highest BCUT2D eigenvalue weighted by Crippen LogP contribution is 2.26. The first-order chi connectivity index (χ1) is 19.3. The van der Waals surface area contributed by atoms with Gasteiger partial charge >= 0.3 is 5.97 Å². The van der Waals surface area contributed by atoms with Gasteiger partial charge in [0.05, 0.1) is 45.6 Å². The van der Waals surface area contributed by atoms with E-state index in [0.717, 1.165) is 16.3 Å². The molecular weight excluding hydrogens is 564 g/mol. The van der Waals surface area contributed by atoms with Crippen LogP contribution in [0.25, 0.3) is 11.3 Å². The summed E-state index contributed by atoms with van der Waals surface area (Å²) in [6.45, 7) is 11.6. The molecule has 41 heavy (non-hydrogen) atoms. The van der Waals surface area contributed by atoms with Crippen LogP contribution in [-0.4, -0.2) is 36.2 Å². The fourth-order valence-electron chi connectivity index (χ4n) is 3.97. The molecular formula is C29H33ClN6O4S. The summed E-state index contributed by atoms with van der Waals surface area (Å²) >= 11 is 7.49. The van der Waals surface area contributed by atoms with E-state index in [2.05, 4.69) is 20.4 Å². The molecule has 4 rings (SSSR count). The second kappa shape index (κ2) is 12.4. The monoisotopic (exact) mass is 596 g/mol. The van der Waals surface area contributed by atoms with Gasteiger partial charge in [-0.2, -0.15) is 9.78 Å². The zero-order chi connectivity index (χ0) is 29.9. The minimum atomic E-state index is -0.704. The number of ether oxygens (including phenoxy) is 1. The normalized spacial score (nSPS) is 11.5. The van der Waals surface area contributed by atoms with Crippen LogP contribution in [0.5, 0.6) is 0 Å².